The van der Waals surface area contributed by atoms with Gasteiger partial charge in [0, 0.05) is 39.6 Å². The number of nitrogens with one attached hydrogen (secondary N) is 2. The molecule has 2 N–H and O–H groups in total. The second-order valence-electron chi connectivity index (χ2n) is 10.3. The number of hydrogen-bond acceptors (Lipinski definition) is 3. The molecule has 0 bridgehead atoms. The van der Waals surface area contributed by atoms with Gasteiger partial charge in [0.1, 0.15) is 5.82 Å². The van der Waals surface area contributed by atoms with Gasteiger partial charge in [-0.2, -0.15) is 26.3 Å². The standard InChI is InChI=1S/C28H33F7N4O2/c1-16-11-22(29)5-6-24(16)25-15-23(37-9-8-36-18(3)40)7-10-39(25)26(41)38(4)17(2)19-12-20(27(30,31)32)14-21(13-19)28(33,34)35/h5-6,11-14,17,23,25,37H,7-10,15H2,1-4H3,(H,36,40)/t17?,23-,25?/m0/s1. The molecular weight excluding hydrogens is 557 g/mol. The maximum Gasteiger partial charge on any atom is 0.416 e. The number of amides is 3. The molecule has 1 saturated heterocycles. The monoisotopic (exact) mass is 590 g/mol. The Morgan fingerprint density at radius 2 is 1.63 bits per heavy atom. The Hall–Kier alpha value is -3.35. The number of alkyl halides is 6. The van der Waals surface area contributed by atoms with Crippen molar-refractivity contribution in [2.24, 2.45) is 0 Å². The van der Waals surface area contributed by atoms with Crippen LogP contribution in [-0.4, -0.2) is 54.5 Å². The number of halogens is 7. The SMILES string of the molecule is CC(=O)NCCN[C@H]1CCN(C(=O)N(C)C(C)c2cc(C(F)(F)F)cc(C(F)(F)F)c2)C(c2ccc(F)cc2C)C1. The first-order chi connectivity index (χ1) is 19.0. The van der Waals surface area contributed by atoms with Crippen LogP contribution in [0.2, 0.25) is 0 Å². The summed E-state index contributed by atoms with van der Waals surface area (Å²) in [4.78, 5) is 27.5. The second-order valence-corrected chi connectivity index (χ2v) is 10.3. The number of nitrogens with zero attached hydrogens (tertiary/aromatic N) is 2. The lowest BCUT2D eigenvalue weighted by Gasteiger charge is -2.43. The van der Waals surface area contributed by atoms with Gasteiger partial charge in [-0.15, -0.1) is 0 Å². The van der Waals surface area contributed by atoms with Crippen molar-refractivity contribution >= 4 is 11.9 Å². The fourth-order valence-electron chi connectivity index (χ4n) is 5.01. The van der Waals surface area contributed by atoms with Crippen molar-refractivity contribution in [2.75, 3.05) is 26.7 Å². The number of likely N-dealkylation sites (tertiary alicyclic amines) is 1. The highest BCUT2D eigenvalue weighted by Crippen LogP contribution is 2.39. The predicted molar refractivity (Wildman–Crippen MR) is 138 cm³/mol. The van der Waals surface area contributed by atoms with E-state index in [1.54, 1.807) is 13.0 Å². The molecule has 2 aromatic carbocycles. The van der Waals surface area contributed by atoms with Gasteiger partial charge in [0.15, 0.2) is 0 Å². The van der Waals surface area contributed by atoms with Crippen LogP contribution in [0.1, 0.15) is 66.6 Å². The molecule has 1 heterocycles. The van der Waals surface area contributed by atoms with Crippen molar-refractivity contribution in [3.63, 3.8) is 0 Å². The smallest absolute Gasteiger partial charge is 0.355 e. The van der Waals surface area contributed by atoms with Gasteiger partial charge in [0.2, 0.25) is 5.91 Å². The van der Waals surface area contributed by atoms with E-state index in [4.69, 9.17) is 0 Å². The quantitative estimate of drug-likeness (QED) is 0.298. The summed E-state index contributed by atoms with van der Waals surface area (Å²) in [5, 5.41) is 6.02. The fourth-order valence-corrected chi connectivity index (χ4v) is 5.01. The van der Waals surface area contributed by atoms with Crippen LogP contribution in [0, 0.1) is 12.7 Å². The van der Waals surface area contributed by atoms with Crippen LogP contribution in [0.15, 0.2) is 36.4 Å². The van der Waals surface area contributed by atoms with Gasteiger partial charge < -0.3 is 20.4 Å². The van der Waals surface area contributed by atoms with Crippen LogP contribution >= 0.6 is 0 Å². The maximum absolute atomic E-state index is 13.9. The molecule has 0 aliphatic carbocycles. The number of urea groups is 1. The molecule has 0 saturated carbocycles. The average molecular weight is 591 g/mol. The molecule has 1 aliphatic heterocycles. The van der Waals surface area contributed by atoms with Crippen LogP contribution in [0.5, 0.6) is 0 Å². The lowest BCUT2D eigenvalue weighted by molar-refractivity contribution is -0.143. The summed E-state index contributed by atoms with van der Waals surface area (Å²) in [5.41, 5.74) is -1.96. The summed E-state index contributed by atoms with van der Waals surface area (Å²) in [6.45, 7) is 5.56. The number of rotatable bonds is 7. The van der Waals surface area contributed by atoms with Crippen molar-refractivity contribution in [1.29, 1.82) is 0 Å². The fraction of sp³-hybridized carbons (Fsp3) is 0.500. The molecule has 6 nitrogen and oxygen atoms in total. The van der Waals surface area contributed by atoms with E-state index in [0.29, 0.717) is 49.2 Å². The van der Waals surface area contributed by atoms with E-state index in [0.717, 1.165) is 4.90 Å². The molecule has 226 valence electrons. The summed E-state index contributed by atoms with van der Waals surface area (Å²) in [7, 11) is 1.33. The summed E-state index contributed by atoms with van der Waals surface area (Å²) < 4.78 is 94.5. The molecule has 0 aromatic heterocycles. The van der Waals surface area contributed by atoms with Gasteiger partial charge in [-0.1, -0.05) is 6.07 Å². The van der Waals surface area contributed by atoms with Gasteiger partial charge in [-0.05, 0) is 73.7 Å². The second kappa shape index (κ2) is 12.7. The van der Waals surface area contributed by atoms with Crippen LogP contribution in [0.25, 0.3) is 0 Å². The minimum atomic E-state index is -5.02. The zero-order chi connectivity index (χ0) is 30.7. The van der Waals surface area contributed by atoms with E-state index in [9.17, 15) is 40.3 Å². The van der Waals surface area contributed by atoms with Crippen molar-refractivity contribution in [2.45, 2.75) is 64.1 Å². The lowest BCUT2D eigenvalue weighted by atomic mass is 9.89. The van der Waals surface area contributed by atoms with E-state index in [1.165, 1.54) is 37.9 Å². The molecule has 0 radical (unpaired) electrons. The molecule has 3 atom stereocenters. The van der Waals surface area contributed by atoms with E-state index in [2.05, 4.69) is 10.6 Å². The van der Waals surface area contributed by atoms with Gasteiger partial charge in [-0.25, -0.2) is 9.18 Å². The highest BCUT2D eigenvalue weighted by Gasteiger charge is 2.39. The summed E-state index contributed by atoms with van der Waals surface area (Å²) in [5.74, 6) is -0.631. The van der Waals surface area contributed by atoms with Gasteiger partial charge >= 0.3 is 18.4 Å². The molecule has 2 unspecified atom stereocenters. The molecule has 13 heteroatoms. The Balaban J connectivity index is 1.90. The number of benzene rings is 2. The minimum Gasteiger partial charge on any atom is -0.355 e. The Morgan fingerprint density at radius 3 is 2.17 bits per heavy atom. The third-order valence-electron chi connectivity index (χ3n) is 7.35. The van der Waals surface area contributed by atoms with Crippen molar-refractivity contribution < 1.29 is 40.3 Å². The number of aryl methyl sites for hydroxylation is 1. The summed E-state index contributed by atoms with van der Waals surface area (Å²) in [6.07, 6.45) is -9.11. The number of hydrogen-bond donors (Lipinski definition) is 2. The van der Waals surface area contributed by atoms with Crippen molar-refractivity contribution in [1.82, 2.24) is 20.4 Å². The van der Waals surface area contributed by atoms with E-state index in [1.807, 2.05) is 0 Å². The Bertz CT molecular complexity index is 1220. The Labute approximate surface area is 233 Å². The molecule has 3 rings (SSSR count). The maximum atomic E-state index is 13.9. The van der Waals surface area contributed by atoms with Crippen molar-refractivity contribution in [3.05, 3.63) is 70.0 Å². The van der Waals surface area contributed by atoms with Crippen LogP contribution in [0.3, 0.4) is 0 Å². The van der Waals surface area contributed by atoms with Crippen LogP contribution in [-0.2, 0) is 17.1 Å². The first kappa shape index (κ1) is 32.2. The van der Waals surface area contributed by atoms with Crippen LogP contribution in [0.4, 0.5) is 35.5 Å². The van der Waals surface area contributed by atoms with E-state index in [-0.39, 0.29) is 30.1 Å². The summed E-state index contributed by atoms with van der Waals surface area (Å²) >= 11 is 0. The third kappa shape index (κ3) is 8.11. The highest BCUT2D eigenvalue weighted by atomic mass is 19.4. The average Bonchev–Trinajstić information content (AvgIpc) is 2.88. The number of piperidine rings is 1. The van der Waals surface area contributed by atoms with Crippen molar-refractivity contribution in [3.8, 4) is 0 Å². The molecule has 0 spiro atoms. The van der Waals surface area contributed by atoms with E-state index < -0.39 is 47.4 Å². The van der Waals surface area contributed by atoms with E-state index >= 15 is 0 Å². The Kier molecular flexibility index (Phi) is 9.94. The van der Waals surface area contributed by atoms with Gasteiger partial charge in [0.25, 0.3) is 0 Å². The zero-order valence-electron chi connectivity index (χ0n) is 23.1. The third-order valence-corrected chi connectivity index (χ3v) is 7.35. The van der Waals surface area contributed by atoms with Crippen LogP contribution < -0.4 is 10.6 Å². The molecule has 41 heavy (non-hydrogen) atoms. The molecular formula is C28H33F7N4O2. The highest BCUT2D eigenvalue weighted by molar-refractivity contribution is 5.75. The largest absolute Gasteiger partial charge is 0.416 e. The molecule has 2 aromatic rings. The van der Waals surface area contributed by atoms with Gasteiger partial charge in [-0.3, -0.25) is 4.79 Å². The topological polar surface area (TPSA) is 64.7 Å². The minimum absolute atomic E-state index is 0.0507. The number of carbonyl (C=O) groups excluding carboxylic acids is 2. The predicted octanol–water partition coefficient (Wildman–Crippen LogP) is 6.22. The zero-order valence-corrected chi connectivity index (χ0v) is 23.1. The molecule has 1 aliphatic rings. The molecule has 1 fully saturated rings. The number of carbonyl (C=O) groups is 2. The van der Waals surface area contributed by atoms with Gasteiger partial charge in [0.05, 0.1) is 23.2 Å². The normalized spacial score (nSPS) is 18.7. The Morgan fingerprint density at radius 1 is 1.02 bits per heavy atom. The summed E-state index contributed by atoms with van der Waals surface area (Å²) in [6, 6.07) is 3.14. The lowest BCUT2D eigenvalue weighted by Crippen LogP contribution is -2.51. The first-order valence-electron chi connectivity index (χ1n) is 13.1. The molecule has 3 amide bonds. The first-order valence-corrected chi connectivity index (χ1v) is 13.1.